The van der Waals surface area contributed by atoms with Gasteiger partial charge in [0.2, 0.25) is 15.9 Å². The molecule has 10 nitrogen and oxygen atoms in total. The standard InChI is InChI=1S/C22H24N4O6S/c1-3-26(4-2)33(30,31)19-11-9-18(10-12-19)25-21(28)15-32-22(29)16-5-7-17(8-6-16)24-20(27)13-14-23/h5-12H,3-4,13,15H2,1-2H3,(H,24,27)(H,25,28). The zero-order valence-electron chi connectivity index (χ0n) is 18.2. The van der Waals surface area contributed by atoms with Crippen molar-refractivity contribution in [3.63, 3.8) is 0 Å². The van der Waals surface area contributed by atoms with Crippen molar-refractivity contribution in [3.8, 4) is 6.07 Å². The lowest BCUT2D eigenvalue weighted by Gasteiger charge is -2.18. The maximum atomic E-state index is 12.5. The first-order valence-corrected chi connectivity index (χ1v) is 11.5. The first kappa shape index (κ1) is 25.5. The number of nitriles is 1. The summed E-state index contributed by atoms with van der Waals surface area (Å²) in [5.74, 6) is -1.80. The third-order valence-corrected chi connectivity index (χ3v) is 6.52. The Morgan fingerprint density at radius 3 is 1.94 bits per heavy atom. The number of carbonyl (C=O) groups is 3. The molecule has 2 amide bonds. The van der Waals surface area contributed by atoms with E-state index in [4.69, 9.17) is 10.00 Å². The second-order valence-corrected chi connectivity index (χ2v) is 8.64. The lowest BCUT2D eigenvalue weighted by molar-refractivity contribution is -0.119. The Bertz CT molecular complexity index is 1130. The SMILES string of the molecule is CCN(CC)S(=O)(=O)c1ccc(NC(=O)COC(=O)c2ccc(NC(=O)CC#N)cc2)cc1. The molecule has 0 atom stereocenters. The molecule has 174 valence electrons. The van der Waals surface area contributed by atoms with Gasteiger partial charge in [-0.05, 0) is 48.5 Å². The number of hydrogen-bond acceptors (Lipinski definition) is 7. The molecule has 0 heterocycles. The second-order valence-electron chi connectivity index (χ2n) is 6.70. The topological polar surface area (TPSA) is 146 Å². The lowest BCUT2D eigenvalue weighted by atomic mass is 10.2. The predicted octanol–water partition coefficient (Wildman–Crippen LogP) is 2.36. The van der Waals surface area contributed by atoms with Crippen molar-refractivity contribution in [2.24, 2.45) is 0 Å². The number of nitrogens with zero attached hydrogens (tertiary/aromatic N) is 2. The number of hydrogen-bond donors (Lipinski definition) is 2. The molecule has 0 saturated heterocycles. The van der Waals surface area contributed by atoms with Crippen molar-refractivity contribution in [3.05, 3.63) is 54.1 Å². The van der Waals surface area contributed by atoms with Crippen LogP contribution in [-0.4, -0.2) is 50.2 Å². The fourth-order valence-electron chi connectivity index (χ4n) is 2.80. The summed E-state index contributed by atoms with van der Waals surface area (Å²) in [6.45, 7) is 3.65. The molecule has 0 fully saturated rings. The number of ether oxygens (including phenoxy) is 1. The minimum Gasteiger partial charge on any atom is -0.452 e. The molecule has 0 aliphatic carbocycles. The summed E-state index contributed by atoms with van der Waals surface area (Å²) in [5.41, 5.74) is 0.940. The number of esters is 1. The first-order chi connectivity index (χ1) is 15.7. The maximum Gasteiger partial charge on any atom is 0.338 e. The Kier molecular flexibility index (Phi) is 9.08. The van der Waals surface area contributed by atoms with Crippen molar-refractivity contribution in [1.29, 1.82) is 5.26 Å². The molecule has 11 heteroatoms. The zero-order valence-corrected chi connectivity index (χ0v) is 19.0. The van der Waals surface area contributed by atoms with Gasteiger partial charge in [-0.1, -0.05) is 13.8 Å². The van der Waals surface area contributed by atoms with Gasteiger partial charge >= 0.3 is 5.97 Å². The number of rotatable bonds is 10. The summed E-state index contributed by atoms with van der Waals surface area (Å²) >= 11 is 0. The van der Waals surface area contributed by atoms with E-state index in [0.717, 1.165) is 0 Å². The molecule has 0 spiro atoms. The molecule has 0 radical (unpaired) electrons. The molecule has 0 bridgehead atoms. The molecular formula is C22H24N4O6S. The van der Waals surface area contributed by atoms with Gasteiger partial charge in [-0.2, -0.15) is 9.57 Å². The van der Waals surface area contributed by atoms with E-state index in [0.29, 0.717) is 24.5 Å². The average Bonchev–Trinajstić information content (AvgIpc) is 2.79. The van der Waals surface area contributed by atoms with E-state index in [1.807, 2.05) is 0 Å². The molecule has 0 aliphatic heterocycles. The Balaban J connectivity index is 1.89. The molecule has 0 aromatic heterocycles. The van der Waals surface area contributed by atoms with E-state index in [9.17, 15) is 22.8 Å². The monoisotopic (exact) mass is 472 g/mol. The van der Waals surface area contributed by atoms with Gasteiger partial charge in [-0.15, -0.1) is 0 Å². The van der Waals surface area contributed by atoms with Gasteiger partial charge in [-0.25, -0.2) is 13.2 Å². The highest BCUT2D eigenvalue weighted by Gasteiger charge is 2.21. The fraction of sp³-hybridized carbons (Fsp3) is 0.273. The van der Waals surface area contributed by atoms with Gasteiger partial charge in [0.15, 0.2) is 6.61 Å². The average molecular weight is 473 g/mol. The Morgan fingerprint density at radius 2 is 1.42 bits per heavy atom. The third-order valence-electron chi connectivity index (χ3n) is 4.46. The molecule has 0 aliphatic rings. The largest absolute Gasteiger partial charge is 0.452 e. The van der Waals surface area contributed by atoms with Gasteiger partial charge in [0.1, 0.15) is 6.42 Å². The van der Waals surface area contributed by atoms with E-state index in [1.54, 1.807) is 19.9 Å². The molecule has 0 unspecified atom stereocenters. The normalized spacial score (nSPS) is 10.8. The highest BCUT2D eigenvalue weighted by atomic mass is 32.2. The molecular weight excluding hydrogens is 448 g/mol. The smallest absolute Gasteiger partial charge is 0.338 e. The first-order valence-electron chi connectivity index (χ1n) is 10.0. The highest BCUT2D eigenvalue weighted by molar-refractivity contribution is 7.89. The number of benzene rings is 2. The number of carbonyl (C=O) groups excluding carboxylic acids is 3. The highest BCUT2D eigenvalue weighted by Crippen LogP contribution is 2.18. The molecule has 33 heavy (non-hydrogen) atoms. The van der Waals surface area contributed by atoms with Crippen LogP contribution in [0.4, 0.5) is 11.4 Å². The molecule has 2 aromatic carbocycles. The van der Waals surface area contributed by atoms with Crippen LogP contribution in [0.1, 0.15) is 30.6 Å². The fourth-order valence-corrected chi connectivity index (χ4v) is 4.26. The van der Waals surface area contributed by atoms with Crippen molar-refractivity contribution in [2.75, 3.05) is 30.3 Å². The van der Waals surface area contributed by atoms with Crippen LogP contribution in [0.25, 0.3) is 0 Å². The number of sulfonamides is 1. The zero-order chi connectivity index (χ0) is 24.4. The molecule has 2 rings (SSSR count). The van der Waals surface area contributed by atoms with E-state index in [2.05, 4.69) is 10.6 Å². The van der Waals surface area contributed by atoms with E-state index < -0.39 is 34.4 Å². The van der Waals surface area contributed by atoms with E-state index >= 15 is 0 Å². The summed E-state index contributed by atoms with van der Waals surface area (Å²) in [4.78, 5) is 35.7. The summed E-state index contributed by atoms with van der Waals surface area (Å²) in [6, 6.07) is 13.2. The molecule has 0 saturated carbocycles. The van der Waals surface area contributed by atoms with E-state index in [1.165, 1.54) is 52.8 Å². The quantitative estimate of drug-likeness (QED) is 0.505. The van der Waals surface area contributed by atoms with E-state index in [-0.39, 0.29) is 16.9 Å². The second kappa shape index (κ2) is 11.8. The van der Waals surface area contributed by atoms with Crippen molar-refractivity contribution in [1.82, 2.24) is 4.31 Å². The third kappa shape index (κ3) is 7.13. The number of amides is 2. The Hall–Kier alpha value is -3.75. The van der Waals surface area contributed by atoms with Crippen molar-refractivity contribution >= 4 is 39.2 Å². The van der Waals surface area contributed by atoms with Crippen LogP contribution in [0.2, 0.25) is 0 Å². The lowest BCUT2D eigenvalue weighted by Crippen LogP contribution is -2.30. The predicted molar refractivity (Wildman–Crippen MR) is 121 cm³/mol. The summed E-state index contributed by atoms with van der Waals surface area (Å²) in [6.07, 6.45) is -0.284. The van der Waals surface area contributed by atoms with Crippen LogP contribution >= 0.6 is 0 Å². The van der Waals surface area contributed by atoms with Crippen LogP contribution in [0, 0.1) is 11.3 Å². The Morgan fingerprint density at radius 1 is 0.909 bits per heavy atom. The van der Waals surface area contributed by atoms with Crippen LogP contribution in [0.5, 0.6) is 0 Å². The minimum atomic E-state index is -3.60. The summed E-state index contributed by atoms with van der Waals surface area (Å²) in [7, 11) is -3.60. The van der Waals surface area contributed by atoms with Gasteiger partial charge in [0.05, 0.1) is 16.5 Å². The maximum absolute atomic E-state index is 12.5. The van der Waals surface area contributed by atoms with Gasteiger partial charge in [0.25, 0.3) is 5.91 Å². The number of nitrogens with one attached hydrogen (secondary N) is 2. The summed E-state index contributed by atoms with van der Waals surface area (Å²) < 4.78 is 31.3. The minimum absolute atomic E-state index is 0.114. The van der Waals surface area contributed by atoms with Crippen molar-refractivity contribution in [2.45, 2.75) is 25.2 Å². The van der Waals surface area contributed by atoms with Crippen molar-refractivity contribution < 1.29 is 27.5 Å². The molecule has 2 aromatic rings. The summed E-state index contributed by atoms with van der Waals surface area (Å²) in [5, 5.41) is 13.5. The van der Waals surface area contributed by atoms with Crippen LogP contribution in [0.15, 0.2) is 53.4 Å². The Labute approximate surface area is 192 Å². The van der Waals surface area contributed by atoms with Gasteiger partial charge in [-0.3, -0.25) is 9.59 Å². The van der Waals surface area contributed by atoms with Crippen LogP contribution in [-0.2, 0) is 24.3 Å². The number of anilines is 2. The van der Waals surface area contributed by atoms with Gasteiger partial charge < -0.3 is 15.4 Å². The van der Waals surface area contributed by atoms with Crippen LogP contribution in [0.3, 0.4) is 0 Å². The molecule has 2 N–H and O–H groups in total. The van der Waals surface area contributed by atoms with Gasteiger partial charge in [0, 0.05) is 24.5 Å². The van der Waals surface area contributed by atoms with Crippen LogP contribution < -0.4 is 10.6 Å².